The molecule has 0 N–H and O–H groups in total. The zero-order chi connectivity index (χ0) is 13.1. The van der Waals surface area contributed by atoms with E-state index in [1.165, 1.54) is 6.26 Å². The second kappa shape index (κ2) is 5.37. The van der Waals surface area contributed by atoms with Gasteiger partial charge in [0.25, 0.3) is 0 Å². The van der Waals surface area contributed by atoms with Crippen molar-refractivity contribution in [1.82, 2.24) is 10.1 Å². The van der Waals surface area contributed by atoms with Gasteiger partial charge in [-0.2, -0.15) is 4.98 Å². The standard InChI is InChI=1S/C12H18FN3O2/c1-4-17-10-5-6-16(7-9(10)13)12-14-11(8(2)3)15-18-12/h4,8-10H,1,5-7H2,2-3H3. The Balaban J connectivity index is 2.00. The molecule has 18 heavy (non-hydrogen) atoms. The molecule has 0 saturated carbocycles. The molecule has 2 unspecified atom stereocenters. The second-order valence-corrected chi connectivity index (χ2v) is 4.68. The van der Waals surface area contributed by atoms with Crippen molar-refractivity contribution in [2.45, 2.75) is 38.5 Å². The topological polar surface area (TPSA) is 51.4 Å². The van der Waals surface area contributed by atoms with Crippen LogP contribution in [0, 0.1) is 0 Å². The Morgan fingerprint density at radius 3 is 2.94 bits per heavy atom. The molecule has 0 radical (unpaired) electrons. The number of anilines is 1. The average molecular weight is 255 g/mol. The fraction of sp³-hybridized carbons (Fsp3) is 0.667. The highest BCUT2D eigenvalue weighted by Gasteiger charge is 2.32. The van der Waals surface area contributed by atoms with Crippen LogP contribution in [0.4, 0.5) is 10.4 Å². The van der Waals surface area contributed by atoms with Crippen molar-refractivity contribution < 1.29 is 13.7 Å². The summed E-state index contributed by atoms with van der Waals surface area (Å²) < 4.78 is 24.1. The molecule has 1 aliphatic rings. The minimum Gasteiger partial charge on any atom is -0.495 e. The molecule has 1 fully saturated rings. The van der Waals surface area contributed by atoms with Crippen LogP contribution >= 0.6 is 0 Å². The van der Waals surface area contributed by atoms with Crippen molar-refractivity contribution >= 4 is 6.01 Å². The summed E-state index contributed by atoms with van der Waals surface area (Å²) in [7, 11) is 0. The first-order valence-corrected chi connectivity index (χ1v) is 6.10. The number of hydrogen-bond donors (Lipinski definition) is 0. The lowest BCUT2D eigenvalue weighted by atomic mass is 10.1. The monoisotopic (exact) mass is 255 g/mol. The summed E-state index contributed by atoms with van der Waals surface area (Å²) in [5.74, 6) is 0.843. The lowest BCUT2D eigenvalue weighted by molar-refractivity contribution is 0.0452. The zero-order valence-electron chi connectivity index (χ0n) is 10.7. The van der Waals surface area contributed by atoms with Gasteiger partial charge < -0.3 is 14.2 Å². The fourth-order valence-corrected chi connectivity index (χ4v) is 1.92. The quantitative estimate of drug-likeness (QED) is 0.772. The molecule has 1 aliphatic heterocycles. The Morgan fingerprint density at radius 1 is 1.61 bits per heavy atom. The number of alkyl halides is 1. The van der Waals surface area contributed by atoms with Crippen molar-refractivity contribution in [1.29, 1.82) is 0 Å². The van der Waals surface area contributed by atoms with E-state index >= 15 is 0 Å². The van der Waals surface area contributed by atoms with Crippen molar-refractivity contribution in [2.75, 3.05) is 18.0 Å². The molecule has 1 saturated heterocycles. The maximum atomic E-state index is 13.8. The van der Waals surface area contributed by atoms with Crippen molar-refractivity contribution in [3.63, 3.8) is 0 Å². The van der Waals surface area contributed by atoms with Gasteiger partial charge >= 0.3 is 6.01 Å². The number of piperidine rings is 1. The average Bonchev–Trinajstić information content (AvgIpc) is 2.81. The molecule has 0 spiro atoms. The molecule has 0 amide bonds. The van der Waals surface area contributed by atoms with E-state index in [2.05, 4.69) is 16.7 Å². The normalized spacial score (nSPS) is 24.3. The fourth-order valence-electron chi connectivity index (χ4n) is 1.92. The van der Waals surface area contributed by atoms with Crippen LogP contribution in [-0.2, 0) is 4.74 Å². The maximum Gasteiger partial charge on any atom is 0.324 e. The third-order valence-electron chi connectivity index (χ3n) is 2.97. The van der Waals surface area contributed by atoms with Crippen LogP contribution in [-0.4, -0.2) is 35.5 Å². The molecule has 2 rings (SSSR count). The van der Waals surface area contributed by atoms with E-state index in [1.54, 1.807) is 4.90 Å². The smallest absolute Gasteiger partial charge is 0.324 e. The molecule has 2 heterocycles. The molecule has 5 nitrogen and oxygen atoms in total. The molecular weight excluding hydrogens is 237 g/mol. The van der Waals surface area contributed by atoms with Gasteiger partial charge in [0.15, 0.2) is 12.0 Å². The van der Waals surface area contributed by atoms with Crippen LogP contribution in [0.3, 0.4) is 0 Å². The second-order valence-electron chi connectivity index (χ2n) is 4.68. The van der Waals surface area contributed by atoms with Gasteiger partial charge in [-0.15, -0.1) is 0 Å². The lowest BCUT2D eigenvalue weighted by Crippen LogP contribution is -2.45. The van der Waals surface area contributed by atoms with E-state index in [4.69, 9.17) is 9.26 Å². The minimum atomic E-state index is -1.08. The van der Waals surface area contributed by atoms with E-state index in [0.29, 0.717) is 24.8 Å². The Morgan fingerprint density at radius 2 is 2.39 bits per heavy atom. The Kier molecular flexibility index (Phi) is 3.84. The molecule has 0 bridgehead atoms. The first-order chi connectivity index (χ1) is 8.61. The number of rotatable bonds is 4. The Bertz CT molecular complexity index is 408. The van der Waals surface area contributed by atoms with E-state index in [1.807, 2.05) is 13.8 Å². The number of halogens is 1. The number of hydrogen-bond acceptors (Lipinski definition) is 5. The summed E-state index contributed by atoms with van der Waals surface area (Å²) in [6, 6.07) is 0.387. The van der Waals surface area contributed by atoms with E-state index in [-0.39, 0.29) is 12.5 Å². The third kappa shape index (κ3) is 2.63. The van der Waals surface area contributed by atoms with E-state index in [9.17, 15) is 4.39 Å². The highest BCUT2D eigenvalue weighted by Crippen LogP contribution is 2.23. The summed E-state index contributed by atoms with van der Waals surface area (Å²) >= 11 is 0. The first kappa shape index (κ1) is 12.9. The number of aromatic nitrogens is 2. The van der Waals surface area contributed by atoms with Crippen molar-refractivity contribution in [2.24, 2.45) is 0 Å². The van der Waals surface area contributed by atoms with Crippen LogP contribution in [0.5, 0.6) is 0 Å². The zero-order valence-corrected chi connectivity index (χ0v) is 10.7. The molecule has 0 aromatic carbocycles. The Hall–Kier alpha value is -1.59. The van der Waals surface area contributed by atoms with Gasteiger partial charge in [0.05, 0.1) is 12.8 Å². The van der Waals surface area contributed by atoms with Crippen molar-refractivity contribution in [3.05, 3.63) is 18.7 Å². The summed E-state index contributed by atoms with van der Waals surface area (Å²) in [6.07, 6.45) is 0.362. The largest absolute Gasteiger partial charge is 0.495 e. The molecule has 0 aliphatic carbocycles. The molecule has 1 aromatic heterocycles. The molecule has 1 aromatic rings. The summed E-state index contributed by atoms with van der Waals surface area (Å²) in [5, 5.41) is 3.87. The van der Waals surface area contributed by atoms with Crippen LogP contribution in [0.15, 0.2) is 17.4 Å². The Labute approximate surface area is 106 Å². The van der Waals surface area contributed by atoms with E-state index < -0.39 is 12.3 Å². The van der Waals surface area contributed by atoms with Gasteiger partial charge in [-0.05, 0) is 0 Å². The van der Waals surface area contributed by atoms with Gasteiger partial charge in [0, 0.05) is 18.9 Å². The first-order valence-electron chi connectivity index (χ1n) is 6.10. The van der Waals surface area contributed by atoms with Gasteiger partial charge in [-0.25, -0.2) is 4.39 Å². The van der Waals surface area contributed by atoms with Gasteiger partial charge in [0.2, 0.25) is 0 Å². The van der Waals surface area contributed by atoms with Crippen LogP contribution in [0.1, 0.15) is 32.0 Å². The van der Waals surface area contributed by atoms with Crippen LogP contribution in [0.25, 0.3) is 0 Å². The van der Waals surface area contributed by atoms with Crippen molar-refractivity contribution in [3.8, 4) is 0 Å². The SMILES string of the molecule is C=COC1CCN(c2nc(C(C)C)no2)CC1F. The lowest BCUT2D eigenvalue weighted by Gasteiger charge is -2.32. The van der Waals surface area contributed by atoms with Crippen LogP contribution < -0.4 is 4.90 Å². The summed E-state index contributed by atoms with van der Waals surface area (Å²) in [5.41, 5.74) is 0. The highest BCUT2D eigenvalue weighted by atomic mass is 19.1. The highest BCUT2D eigenvalue weighted by molar-refractivity contribution is 5.27. The molecule has 100 valence electrons. The molecular formula is C12H18FN3O2. The van der Waals surface area contributed by atoms with E-state index in [0.717, 1.165) is 0 Å². The maximum absolute atomic E-state index is 13.8. The predicted molar refractivity (Wildman–Crippen MR) is 65.2 cm³/mol. The third-order valence-corrected chi connectivity index (χ3v) is 2.97. The van der Waals surface area contributed by atoms with Gasteiger partial charge in [0.1, 0.15) is 6.10 Å². The summed E-state index contributed by atoms with van der Waals surface area (Å²) in [6.45, 7) is 8.26. The minimum absolute atomic E-state index is 0.199. The molecule has 6 heteroatoms. The molecule has 2 atom stereocenters. The summed E-state index contributed by atoms with van der Waals surface area (Å²) in [4.78, 5) is 6.02. The number of nitrogens with zero attached hydrogens (tertiary/aromatic N) is 3. The van der Waals surface area contributed by atoms with Gasteiger partial charge in [-0.3, -0.25) is 0 Å². The van der Waals surface area contributed by atoms with Gasteiger partial charge in [-0.1, -0.05) is 25.6 Å². The predicted octanol–water partition coefficient (Wildman–Crippen LogP) is 2.27. The number of ether oxygens (including phenoxy) is 1. The van der Waals surface area contributed by atoms with Crippen LogP contribution in [0.2, 0.25) is 0 Å².